The molecule has 0 aliphatic heterocycles. The quantitative estimate of drug-likeness (QED) is 0.724. The molecule has 1 aliphatic rings. The lowest BCUT2D eigenvalue weighted by Crippen LogP contribution is -2.35. The molecule has 5 heteroatoms. The van der Waals surface area contributed by atoms with Crippen molar-refractivity contribution in [2.45, 2.75) is 50.5 Å². The molecule has 0 saturated carbocycles. The SMILES string of the molecule is CCCNC1CCc2ccc3c(ccn3S(=O)(=O)c3ccc(C)cc3)c2C1. The van der Waals surface area contributed by atoms with Crippen LogP contribution < -0.4 is 5.32 Å². The van der Waals surface area contributed by atoms with E-state index in [-0.39, 0.29) is 0 Å². The fourth-order valence-corrected chi connectivity index (χ4v) is 5.35. The maximum atomic E-state index is 13.1. The summed E-state index contributed by atoms with van der Waals surface area (Å²) in [5.41, 5.74) is 4.46. The van der Waals surface area contributed by atoms with Gasteiger partial charge in [0, 0.05) is 17.6 Å². The van der Waals surface area contributed by atoms with Gasteiger partial charge < -0.3 is 5.32 Å². The molecule has 1 aliphatic carbocycles. The monoisotopic (exact) mass is 382 g/mol. The van der Waals surface area contributed by atoms with Crippen molar-refractivity contribution >= 4 is 20.9 Å². The minimum atomic E-state index is -3.59. The molecule has 1 heterocycles. The van der Waals surface area contributed by atoms with Crippen LogP contribution in [0.2, 0.25) is 0 Å². The van der Waals surface area contributed by atoms with Crippen LogP contribution >= 0.6 is 0 Å². The van der Waals surface area contributed by atoms with Crippen LogP contribution in [-0.4, -0.2) is 25.0 Å². The highest BCUT2D eigenvalue weighted by Gasteiger charge is 2.24. The maximum Gasteiger partial charge on any atom is 0.268 e. The highest BCUT2D eigenvalue weighted by molar-refractivity contribution is 7.90. The minimum absolute atomic E-state index is 0.325. The van der Waals surface area contributed by atoms with E-state index in [2.05, 4.69) is 18.3 Å². The van der Waals surface area contributed by atoms with Crippen LogP contribution in [0.25, 0.3) is 10.9 Å². The lowest BCUT2D eigenvalue weighted by molar-refractivity contribution is 0.460. The predicted molar refractivity (Wildman–Crippen MR) is 110 cm³/mol. The Labute approximate surface area is 161 Å². The number of aryl methyl sites for hydroxylation is 2. The molecule has 0 bridgehead atoms. The van der Waals surface area contributed by atoms with Crippen LogP contribution in [0.4, 0.5) is 0 Å². The fourth-order valence-electron chi connectivity index (χ4n) is 4.01. The van der Waals surface area contributed by atoms with Gasteiger partial charge in [-0.1, -0.05) is 30.7 Å². The fraction of sp³-hybridized carbons (Fsp3) is 0.364. The zero-order chi connectivity index (χ0) is 19.0. The van der Waals surface area contributed by atoms with E-state index in [1.165, 1.54) is 15.1 Å². The first kappa shape index (κ1) is 18.3. The normalized spacial score (nSPS) is 17.2. The second-order valence-corrected chi connectivity index (χ2v) is 9.27. The first-order chi connectivity index (χ1) is 13.0. The molecule has 4 rings (SSSR count). The number of rotatable bonds is 5. The summed E-state index contributed by atoms with van der Waals surface area (Å²) in [5.74, 6) is 0. The van der Waals surface area contributed by atoms with E-state index in [4.69, 9.17) is 0 Å². The van der Waals surface area contributed by atoms with Crippen molar-refractivity contribution in [3.63, 3.8) is 0 Å². The van der Waals surface area contributed by atoms with Crippen molar-refractivity contribution in [2.24, 2.45) is 0 Å². The van der Waals surface area contributed by atoms with Crippen LogP contribution in [0.3, 0.4) is 0 Å². The van der Waals surface area contributed by atoms with Crippen LogP contribution in [0.1, 0.15) is 36.5 Å². The van der Waals surface area contributed by atoms with Gasteiger partial charge in [0.1, 0.15) is 0 Å². The summed E-state index contributed by atoms with van der Waals surface area (Å²) < 4.78 is 27.7. The zero-order valence-electron chi connectivity index (χ0n) is 15.9. The smallest absolute Gasteiger partial charge is 0.268 e. The topological polar surface area (TPSA) is 51.1 Å². The third-order valence-corrected chi connectivity index (χ3v) is 7.22. The molecule has 4 nitrogen and oxygen atoms in total. The van der Waals surface area contributed by atoms with Gasteiger partial charge in [-0.25, -0.2) is 12.4 Å². The van der Waals surface area contributed by atoms with E-state index in [0.717, 1.165) is 48.7 Å². The Balaban J connectivity index is 1.76. The van der Waals surface area contributed by atoms with Crippen molar-refractivity contribution < 1.29 is 8.42 Å². The molecular formula is C22H26N2O2S. The standard InChI is InChI=1S/C22H26N2O2S/c1-3-13-23-18-8-6-17-7-11-22-20(21(17)15-18)12-14-24(22)27(25,26)19-9-4-16(2)5-10-19/h4-5,7,9-12,14,18,23H,3,6,8,13,15H2,1-2H3. The van der Waals surface area contributed by atoms with Gasteiger partial charge in [-0.05, 0) is 74.5 Å². The number of aromatic nitrogens is 1. The van der Waals surface area contributed by atoms with Crippen LogP contribution in [0, 0.1) is 6.92 Å². The highest BCUT2D eigenvalue weighted by atomic mass is 32.2. The lowest BCUT2D eigenvalue weighted by atomic mass is 9.86. The summed E-state index contributed by atoms with van der Waals surface area (Å²) in [7, 11) is -3.59. The van der Waals surface area contributed by atoms with E-state index < -0.39 is 10.0 Å². The molecular weight excluding hydrogens is 356 g/mol. The van der Waals surface area contributed by atoms with E-state index >= 15 is 0 Å². The molecule has 142 valence electrons. The van der Waals surface area contributed by atoms with E-state index in [9.17, 15) is 8.42 Å². The first-order valence-corrected chi connectivity index (χ1v) is 11.1. The summed E-state index contributed by atoms with van der Waals surface area (Å²) >= 11 is 0. The zero-order valence-corrected chi connectivity index (χ0v) is 16.7. The van der Waals surface area contributed by atoms with Gasteiger partial charge in [-0.15, -0.1) is 0 Å². The molecule has 0 amide bonds. The number of fused-ring (bicyclic) bond motifs is 3. The summed E-state index contributed by atoms with van der Waals surface area (Å²) in [5, 5.41) is 4.68. The first-order valence-electron chi connectivity index (χ1n) is 9.68. The van der Waals surface area contributed by atoms with Gasteiger partial charge >= 0.3 is 0 Å². The number of benzene rings is 2. The van der Waals surface area contributed by atoms with Crippen molar-refractivity contribution in [3.05, 3.63) is 65.4 Å². The summed E-state index contributed by atoms with van der Waals surface area (Å²) in [6, 6.07) is 13.5. The average Bonchev–Trinajstić information content (AvgIpc) is 3.12. The molecule has 0 fully saturated rings. The Morgan fingerprint density at radius 2 is 1.89 bits per heavy atom. The number of nitrogens with one attached hydrogen (secondary N) is 1. The predicted octanol–water partition coefficient (Wildman–Crippen LogP) is 4.04. The Bertz CT molecular complexity index is 1070. The van der Waals surface area contributed by atoms with Crippen LogP contribution in [0.5, 0.6) is 0 Å². The van der Waals surface area contributed by atoms with Gasteiger partial charge in [0.25, 0.3) is 10.0 Å². The number of hydrogen-bond acceptors (Lipinski definition) is 3. The Morgan fingerprint density at radius 1 is 1.11 bits per heavy atom. The summed E-state index contributed by atoms with van der Waals surface area (Å²) in [6.07, 6.45) is 5.96. The molecule has 0 spiro atoms. The van der Waals surface area contributed by atoms with Crippen molar-refractivity contribution in [1.29, 1.82) is 0 Å². The van der Waals surface area contributed by atoms with E-state index in [1.807, 2.05) is 31.2 Å². The van der Waals surface area contributed by atoms with Crippen LogP contribution in [-0.2, 0) is 22.9 Å². The average molecular weight is 383 g/mol. The molecule has 1 unspecified atom stereocenters. The largest absolute Gasteiger partial charge is 0.314 e. The molecule has 2 aromatic carbocycles. The Morgan fingerprint density at radius 3 is 2.63 bits per heavy atom. The number of nitrogens with zero attached hydrogens (tertiary/aromatic N) is 1. The Hall–Kier alpha value is -2.11. The van der Waals surface area contributed by atoms with Gasteiger partial charge in [-0.2, -0.15) is 0 Å². The second kappa shape index (κ2) is 7.13. The van der Waals surface area contributed by atoms with E-state index in [1.54, 1.807) is 18.3 Å². The molecule has 1 atom stereocenters. The molecule has 27 heavy (non-hydrogen) atoms. The molecule has 0 radical (unpaired) electrons. The second-order valence-electron chi connectivity index (χ2n) is 7.46. The van der Waals surface area contributed by atoms with Crippen molar-refractivity contribution in [3.8, 4) is 0 Å². The Kier molecular flexibility index (Phi) is 4.82. The highest BCUT2D eigenvalue weighted by Crippen LogP contribution is 2.31. The third-order valence-electron chi connectivity index (χ3n) is 5.52. The summed E-state index contributed by atoms with van der Waals surface area (Å²) in [4.78, 5) is 0.325. The van der Waals surface area contributed by atoms with Gasteiger partial charge in [-0.3, -0.25) is 0 Å². The lowest BCUT2D eigenvalue weighted by Gasteiger charge is -2.26. The van der Waals surface area contributed by atoms with Gasteiger partial charge in [0.05, 0.1) is 10.4 Å². The van der Waals surface area contributed by atoms with E-state index in [0.29, 0.717) is 10.9 Å². The molecule has 3 aromatic rings. The van der Waals surface area contributed by atoms with Gasteiger partial charge in [0.2, 0.25) is 0 Å². The number of hydrogen-bond donors (Lipinski definition) is 1. The maximum absolute atomic E-state index is 13.1. The van der Waals surface area contributed by atoms with Crippen molar-refractivity contribution in [2.75, 3.05) is 6.54 Å². The van der Waals surface area contributed by atoms with Gasteiger partial charge in [0.15, 0.2) is 0 Å². The summed E-state index contributed by atoms with van der Waals surface area (Å²) in [6.45, 7) is 5.16. The van der Waals surface area contributed by atoms with Crippen LogP contribution in [0.15, 0.2) is 53.6 Å². The molecule has 1 N–H and O–H groups in total. The third kappa shape index (κ3) is 3.30. The van der Waals surface area contributed by atoms with Crippen molar-refractivity contribution in [1.82, 2.24) is 9.29 Å². The molecule has 0 saturated heterocycles. The minimum Gasteiger partial charge on any atom is -0.314 e. The molecule has 1 aromatic heterocycles.